The number of benzene rings is 1. The molecule has 114 valence electrons. The number of methoxy groups -OCH3 is 2. The lowest BCUT2D eigenvalue weighted by Crippen LogP contribution is -2.35. The average Bonchev–Trinajstić information content (AvgIpc) is 2.44. The summed E-state index contributed by atoms with van der Waals surface area (Å²) in [4.78, 5) is 0. The van der Waals surface area contributed by atoms with Crippen molar-refractivity contribution in [3.8, 4) is 5.75 Å². The molecule has 0 aromatic heterocycles. The quantitative estimate of drug-likeness (QED) is 0.667. The van der Waals surface area contributed by atoms with E-state index in [2.05, 4.69) is 31.3 Å². The van der Waals surface area contributed by atoms with Crippen molar-refractivity contribution >= 4 is 0 Å². The third-order valence-electron chi connectivity index (χ3n) is 3.15. The van der Waals surface area contributed by atoms with E-state index in [1.54, 1.807) is 14.2 Å². The van der Waals surface area contributed by atoms with E-state index in [0.717, 1.165) is 18.7 Å². The lowest BCUT2D eigenvalue weighted by Gasteiger charge is -2.19. The van der Waals surface area contributed by atoms with Crippen molar-refractivity contribution in [3.05, 3.63) is 29.3 Å². The van der Waals surface area contributed by atoms with E-state index in [4.69, 9.17) is 14.2 Å². The normalized spacial score (nSPS) is 12.4. The molecule has 0 radical (unpaired) electrons. The molecule has 1 aromatic rings. The van der Waals surface area contributed by atoms with Gasteiger partial charge in [0.2, 0.25) is 0 Å². The van der Waals surface area contributed by atoms with Gasteiger partial charge in [-0.2, -0.15) is 0 Å². The zero-order valence-corrected chi connectivity index (χ0v) is 13.1. The first kappa shape index (κ1) is 17.0. The minimum atomic E-state index is 0.285. The molecule has 0 bridgehead atoms. The van der Waals surface area contributed by atoms with E-state index in [9.17, 15) is 0 Å². The van der Waals surface area contributed by atoms with Crippen molar-refractivity contribution in [2.75, 3.05) is 40.6 Å². The van der Waals surface area contributed by atoms with Gasteiger partial charge in [-0.3, -0.25) is 0 Å². The van der Waals surface area contributed by atoms with Gasteiger partial charge in [0.1, 0.15) is 5.75 Å². The highest BCUT2D eigenvalue weighted by atomic mass is 16.5. The van der Waals surface area contributed by atoms with Gasteiger partial charge < -0.3 is 19.5 Å². The predicted molar refractivity (Wildman–Crippen MR) is 81.6 cm³/mol. The lowest BCUT2D eigenvalue weighted by molar-refractivity contribution is 0.0589. The average molecular weight is 281 g/mol. The maximum Gasteiger partial charge on any atom is 0.122 e. The fourth-order valence-electron chi connectivity index (χ4n) is 2.18. The highest BCUT2D eigenvalue weighted by Gasteiger charge is 2.12. The predicted octanol–water partition coefficient (Wildman–Crippen LogP) is 2.19. The molecule has 1 unspecified atom stereocenters. The number of nitrogens with one attached hydrogen (secondary N) is 1. The number of hydrogen-bond donors (Lipinski definition) is 1. The third kappa shape index (κ3) is 5.90. The van der Waals surface area contributed by atoms with Crippen molar-refractivity contribution < 1.29 is 14.2 Å². The van der Waals surface area contributed by atoms with Crippen LogP contribution in [0.25, 0.3) is 0 Å². The Morgan fingerprint density at radius 1 is 1.20 bits per heavy atom. The van der Waals surface area contributed by atoms with Crippen LogP contribution in [-0.2, 0) is 15.9 Å². The Morgan fingerprint density at radius 2 is 2.00 bits per heavy atom. The van der Waals surface area contributed by atoms with Gasteiger partial charge in [0.05, 0.1) is 26.9 Å². The summed E-state index contributed by atoms with van der Waals surface area (Å²) in [5.74, 6) is 0.940. The number of rotatable bonds is 10. The zero-order valence-electron chi connectivity index (χ0n) is 13.1. The number of hydrogen-bond acceptors (Lipinski definition) is 4. The maximum atomic E-state index is 5.64. The first-order chi connectivity index (χ1) is 9.71. The van der Waals surface area contributed by atoms with Crippen LogP contribution in [0.1, 0.15) is 18.1 Å². The van der Waals surface area contributed by atoms with Crippen LogP contribution in [0.2, 0.25) is 0 Å². The Hall–Kier alpha value is -1.10. The fourth-order valence-corrected chi connectivity index (χ4v) is 2.18. The molecule has 1 atom stereocenters. The summed E-state index contributed by atoms with van der Waals surface area (Å²) in [6, 6.07) is 6.56. The van der Waals surface area contributed by atoms with E-state index in [-0.39, 0.29) is 6.04 Å². The molecule has 0 fully saturated rings. The van der Waals surface area contributed by atoms with E-state index >= 15 is 0 Å². The van der Waals surface area contributed by atoms with Gasteiger partial charge in [0.25, 0.3) is 0 Å². The molecule has 4 nitrogen and oxygen atoms in total. The summed E-state index contributed by atoms with van der Waals surface area (Å²) >= 11 is 0. The lowest BCUT2D eigenvalue weighted by atomic mass is 10.0. The SMILES string of the molecule is CCNC(COCCOC)Cc1cc(C)ccc1OC. The molecule has 0 saturated heterocycles. The minimum absolute atomic E-state index is 0.285. The molecule has 0 aliphatic carbocycles. The molecule has 1 N–H and O–H groups in total. The van der Waals surface area contributed by atoms with Gasteiger partial charge in [0.15, 0.2) is 0 Å². The molecule has 0 aliphatic heterocycles. The smallest absolute Gasteiger partial charge is 0.122 e. The first-order valence-corrected chi connectivity index (χ1v) is 7.14. The zero-order chi connectivity index (χ0) is 14.8. The van der Waals surface area contributed by atoms with Gasteiger partial charge in [-0.1, -0.05) is 24.6 Å². The van der Waals surface area contributed by atoms with Gasteiger partial charge in [0, 0.05) is 13.2 Å². The van der Waals surface area contributed by atoms with E-state index in [0.29, 0.717) is 19.8 Å². The first-order valence-electron chi connectivity index (χ1n) is 7.14. The minimum Gasteiger partial charge on any atom is -0.496 e. The maximum absolute atomic E-state index is 5.64. The molecule has 1 rings (SSSR count). The molecular formula is C16H27NO3. The molecular weight excluding hydrogens is 254 g/mol. The third-order valence-corrected chi connectivity index (χ3v) is 3.15. The van der Waals surface area contributed by atoms with Crippen LogP contribution < -0.4 is 10.1 Å². The Labute approximate surface area is 122 Å². The molecule has 0 spiro atoms. The van der Waals surface area contributed by atoms with Crippen molar-refractivity contribution in [2.45, 2.75) is 26.3 Å². The Morgan fingerprint density at radius 3 is 2.65 bits per heavy atom. The van der Waals surface area contributed by atoms with Crippen molar-refractivity contribution in [1.82, 2.24) is 5.32 Å². The van der Waals surface area contributed by atoms with E-state index in [1.165, 1.54) is 11.1 Å². The van der Waals surface area contributed by atoms with Crippen molar-refractivity contribution in [3.63, 3.8) is 0 Å². The Balaban J connectivity index is 2.61. The molecule has 4 heteroatoms. The second-order valence-corrected chi connectivity index (χ2v) is 4.84. The van der Waals surface area contributed by atoms with Gasteiger partial charge >= 0.3 is 0 Å². The number of likely N-dealkylation sites (N-methyl/N-ethyl adjacent to an activating group) is 1. The van der Waals surface area contributed by atoms with E-state index < -0.39 is 0 Å². The van der Waals surface area contributed by atoms with Gasteiger partial charge in [-0.05, 0) is 31.5 Å². The monoisotopic (exact) mass is 281 g/mol. The molecule has 20 heavy (non-hydrogen) atoms. The highest BCUT2D eigenvalue weighted by Crippen LogP contribution is 2.21. The van der Waals surface area contributed by atoms with Crippen molar-refractivity contribution in [2.24, 2.45) is 0 Å². The number of aryl methyl sites for hydroxylation is 1. The number of ether oxygens (including phenoxy) is 3. The topological polar surface area (TPSA) is 39.7 Å². The summed E-state index contributed by atoms with van der Waals surface area (Å²) in [5.41, 5.74) is 2.46. The van der Waals surface area contributed by atoms with E-state index in [1.807, 2.05) is 6.07 Å². The van der Waals surface area contributed by atoms with Crippen LogP contribution in [0.4, 0.5) is 0 Å². The molecule has 0 saturated carbocycles. The summed E-state index contributed by atoms with van der Waals surface area (Å²) in [6.45, 7) is 7.06. The highest BCUT2D eigenvalue weighted by molar-refractivity contribution is 5.37. The van der Waals surface area contributed by atoms with Crippen LogP contribution in [0, 0.1) is 6.92 Å². The molecule has 1 aromatic carbocycles. The van der Waals surface area contributed by atoms with Crippen molar-refractivity contribution in [1.29, 1.82) is 0 Å². The Kier molecular flexibility index (Phi) is 8.26. The summed E-state index contributed by atoms with van der Waals surface area (Å²) in [5, 5.41) is 3.46. The summed E-state index contributed by atoms with van der Waals surface area (Å²) in [6.07, 6.45) is 0.895. The largest absolute Gasteiger partial charge is 0.496 e. The Bertz CT molecular complexity index is 382. The molecule has 0 amide bonds. The standard InChI is InChI=1S/C16H27NO3/c1-5-17-15(12-20-9-8-18-3)11-14-10-13(2)6-7-16(14)19-4/h6-7,10,15,17H,5,8-9,11-12H2,1-4H3. The van der Waals surface area contributed by atoms with Crippen LogP contribution in [0.15, 0.2) is 18.2 Å². The van der Waals surface area contributed by atoms with Gasteiger partial charge in [-0.15, -0.1) is 0 Å². The second kappa shape index (κ2) is 9.75. The summed E-state index contributed by atoms with van der Waals surface area (Å²) in [7, 11) is 3.40. The molecule has 0 heterocycles. The summed E-state index contributed by atoms with van der Waals surface area (Å²) < 4.78 is 16.1. The van der Waals surface area contributed by atoms with Crippen LogP contribution in [-0.4, -0.2) is 46.6 Å². The fraction of sp³-hybridized carbons (Fsp3) is 0.625. The molecule has 0 aliphatic rings. The second-order valence-electron chi connectivity index (χ2n) is 4.84. The van der Waals surface area contributed by atoms with Crippen LogP contribution in [0.5, 0.6) is 5.75 Å². The van der Waals surface area contributed by atoms with Crippen LogP contribution in [0.3, 0.4) is 0 Å². The van der Waals surface area contributed by atoms with Gasteiger partial charge in [-0.25, -0.2) is 0 Å². The van der Waals surface area contributed by atoms with Crippen LogP contribution >= 0.6 is 0 Å².